The van der Waals surface area contributed by atoms with Gasteiger partial charge in [0.15, 0.2) is 0 Å². The van der Waals surface area contributed by atoms with E-state index in [0.29, 0.717) is 5.69 Å². The van der Waals surface area contributed by atoms with Crippen LogP contribution >= 0.6 is 12.8 Å². The zero-order valence-corrected chi connectivity index (χ0v) is 17.5. The number of nitrogens with zero attached hydrogens (tertiary/aromatic N) is 1. The number of aryl methyl sites for hydroxylation is 1. The first kappa shape index (κ1) is 23.1. The minimum Gasteiger partial charge on any atom is -0.322 e. The van der Waals surface area contributed by atoms with Gasteiger partial charge in [-0.25, -0.2) is 13.5 Å². The maximum absolute atomic E-state index is 13.7. The van der Waals surface area contributed by atoms with Gasteiger partial charge in [0.1, 0.15) is 5.82 Å². The van der Waals surface area contributed by atoms with Gasteiger partial charge in [-0.05, 0) is 61.0 Å². The van der Waals surface area contributed by atoms with E-state index in [9.17, 15) is 27.2 Å². The van der Waals surface area contributed by atoms with Gasteiger partial charge in [-0.3, -0.25) is 4.79 Å². The average Bonchev–Trinajstić information content (AvgIpc) is 2.74. The smallest absolute Gasteiger partial charge is 0.322 e. The van der Waals surface area contributed by atoms with Crippen molar-refractivity contribution >= 4 is 41.8 Å². The number of halogens is 4. The van der Waals surface area contributed by atoms with Crippen molar-refractivity contribution in [1.29, 1.82) is 0 Å². The summed E-state index contributed by atoms with van der Waals surface area (Å²) in [6, 6.07) is 14.0. The summed E-state index contributed by atoms with van der Waals surface area (Å²) in [6.07, 6.45) is -4.55. The van der Waals surface area contributed by atoms with E-state index in [4.69, 9.17) is 0 Å². The molecule has 0 radical (unpaired) electrons. The highest BCUT2D eigenvalue weighted by atomic mass is 32.1. The molecule has 2 N–H and O–H groups in total. The molecule has 0 heterocycles. The quantitative estimate of drug-likeness (QED) is 0.315. The van der Waals surface area contributed by atoms with E-state index >= 15 is 0 Å². The van der Waals surface area contributed by atoms with Crippen LogP contribution in [0.3, 0.4) is 0 Å². The first-order chi connectivity index (χ1) is 15.1. The molecule has 10 heteroatoms. The summed E-state index contributed by atoms with van der Waals surface area (Å²) in [5.41, 5.74) is -0.346. The monoisotopic (exact) mass is 463 g/mol. The van der Waals surface area contributed by atoms with Gasteiger partial charge in [-0.2, -0.15) is 13.2 Å². The van der Waals surface area contributed by atoms with Crippen LogP contribution < -0.4 is 14.9 Å². The van der Waals surface area contributed by atoms with Gasteiger partial charge < -0.3 is 10.6 Å². The summed E-state index contributed by atoms with van der Waals surface area (Å²) in [6.45, 7) is 1.33. The number of amides is 3. The molecule has 3 amide bonds. The number of anilines is 3. The molecule has 3 aromatic carbocycles. The van der Waals surface area contributed by atoms with Gasteiger partial charge in [0.05, 0.1) is 16.8 Å². The van der Waals surface area contributed by atoms with Gasteiger partial charge >= 0.3 is 12.2 Å². The van der Waals surface area contributed by atoms with Crippen LogP contribution in [0.5, 0.6) is 0 Å². The molecule has 0 fully saturated rings. The summed E-state index contributed by atoms with van der Waals surface area (Å²) < 4.78 is 53.8. The first-order valence-corrected chi connectivity index (χ1v) is 9.60. The number of urea groups is 1. The van der Waals surface area contributed by atoms with Crippen molar-refractivity contribution < 1.29 is 27.2 Å². The van der Waals surface area contributed by atoms with E-state index < -0.39 is 29.5 Å². The van der Waals surface area contributed by atoms with E-state index in [1.807, 2.05) is 0 Å². The van der Waals surface area contributed by atoms with Gasteiger partial charge in [0.25, 0.3) is 5.91 Å². The van der Waals surface area contributed by atoms with Crippen LogP contribution in [0.15, 0.2) is 66.7 Å². The Morgan fingerprint density at radius 3 is 2.16 bits per heavy atom. The number of benzene rings is 3. The predicted octanol–water partition coefficient (Wildman–Crippen LogP) is 6.29. The summed E-state index contributed by atoms with van der Waals surface area (Å²) >= 11 is 4.08. The Hall–Kier alpha value is -3.53. The van der Waals surface area contributed by atoms with Crippen molar-refractivity contribution in [3.05, 3.63) is 89.2 Å². The summed E-state index contributed by atoms with van der Waals surface area (Å²) in [7, 11) is 0. The van der Waals surface area contributed by atoms with Crippen molar-refractivity contribution in [2.45, 2.75) is 13.1 Å². The number of thiol groups is 1. The number of hydrogen-bond donors (Lipinski definition) is 3. The number of rotatable bonds is 4. The number of carbonyl (C=O) groups is 2. The molecule has 0 unspecified atom stereocenters. The van der Waals surface area contributed by atoms with E-state index in [0.717, 1.165) is 10.4 Å². The molecule has 3 rings (SSSR count). The largest absolute Gasteiger partial charge is 0.416 e. The highest BCUT2D eigenvalue weighted by Gasteiger charge is 2.32. The lowest BCUT2D eigenvalue weighted by Gasteiger charge is -2.18. The highest BCUT2D eigenvalue weighted by molar-refractivity contribution is 7.82. The SMILES string of the molecule is Cc1ccc(NC(=O)N(S)c2ccc(NC(=O)c3ccccc3F)cc2)cc1C(F)(F)F. The van der Waals surface area contributed by atoms with Gasteiger partial charge in [0, 0.05) is 11.4 Å². The minimum absolute atomic E-state index is 0.0336. The third-order valence-corrected chi connectivity index (χ3v) is 4.89. The van der Waals surface area contributed by atoms with Crippen molar-refractivity contribution in [2.75, 3.05) is 14.9 Å². The second-order valence-corrected chi connectivity index (χ2v) is 7.15. The van der Waals surface area contributed by atoms with Crippen molar-refractivity contribution in [2.24, 2.45) is 0 Å². The van der Waals surface area contributed by atoms with Crippen LogP contribution in [0.1, 0.15) is 21.5 Å². The minimum atomic E-state index is -4.55. The fourth-order valence-electron chi connectivity index (χ4n) is 2.83. The zero-order valence-electron chi connectivity index (χ0n) is 16.6. The molecule has 0 saturated heterocycles. The van der Waals surface area contributed by atoms with E-state index in [1.165, 1.54) is 67.6 Å². The molecule has 0 atom stereocenters. The van der Waals surface area contributed by atoms with Crippen LogP contribution in [0, 0.1) is 12.7 Å². The lowest BCUT2D eigenvalue weighted by Crippen LogP contribution is -2.27. The lowest BCUT2D eigenvalue weighted by atomic mass is 10.1. The van der Waals surface area contributed by atoms with Gasteiger partial charge in [0.2, 0.25) is 0 Å². The molecule has 0 spiro atoms. The molecule has 0 aliphatic rings. The molecule has 5 nitrogen and oxygen atoms in total. The molecule has 0 aliphatic heterocycles. The third kappa shape index (κ3) is 5.38. The molecule has 32 heavy (non-hydrogen) atoms. The Morgan fingerprint density at radius 2 is 1.53 bits per heavy atom. The topological polar surface area (TPSA) is 61.4 Å². The van der Waals surface area contributed by atoms with Crippen LogP contribution in [-0.2, 0) is 6.18 Å². The van der Waals surface area contributed by atoms with Crippen LogP contribution in [0.25, 0.3) is 0 Å². The predicted molar refractivity (Wildman–Crippen MR) is 117 cm³/mol. The highest BCUT2D eigenvalue weighted by Crippen LogP contribution is 2.33. The molecule has 166 valence electrons. The fraction of sp³-hybridized carbons (Fsp3) is 0.0909. The van der Waals surface area contributed by atoms with Crippen LogP contribution in [-0.4, -0.2) is 11.9 Å². The van der Waals surface area contributed by atoms with Crippen molar-refractivity contribution in [3.63, 3.8) is 0 Å². The molecule has 0 aromatic heterocycles. The van der Waals surface area contributed by atoms with E-state index in [-0.39, 0.29) is 22.5 Å². The lowest BCUT2D eigenvalue weighted by molar-refractivity contribution is -0.138. The first-order valence-electron chi connectivity index (χ1n) is 9.20. The standard InChI is InChI=1S/C22H17F4N3O2S/c1-13-6-7-15(12-18(13)22(24,25)26)28-21(31)29(32)16-10-8-14(9-11-16)27-20(30)17-4-2-3-5-19(17)23/h2-12,32H,1H3,(H,27,30)(H,28,31). The Kier molecular flexibility index (Phi) is 6.73. The third-order valence-electron chi connectivity index (χ3n) is 4.47. The molecular formula is C22H17F4N3O2S. The zero-order chi connectivity index (χ0) is 23.5. The molecule has 3 aromatic rings. The fourth-order valence-corrected chi connectivity index (χ4v) is 3.01. The molecule has 0 aliphatic carbocycles. The maximum atomic E-state index is 13.7. The number of hydrogen-bond acceptors (Lipinski definition) is 3. The molecule has 0 bridgehead atoms. The summed E-state index contributed by atoms with van der Waals surface area (Å²) in [5, 5.41) is 4.88. The second-order valence-electron chi connectivity index (χ2n) is 6.75. The normalized spacial score (nSPS) is 11.1. The molecule has 0 saturated carbocycles. The van der Waals surface area contributed by atoms with Gasteiger partial charge in [-0.15, -0.1) is 0 Å². The Balaban J connectivity index is 1.68. The second kappa shape index (κ2) is 9.31. The van der Waals surface area contributed by atoms with E-state index in [2.05, 4.69) is 23.4 Å². The summed E-state index contributed by atoms with van der Waals surface area (Å²) in [4.78, 5) is 24.6. The molecular weight excluding hydrogens is 446 g/mol. The van der Waals surface area contributed by atoms with Crippen molar-refractivity contribution in [1.82, 2.24) is 0 Å². The number of alkyl halides is 3. The average molecular weight is 463 g/mol. The Morgan fingerprint density at radius 1 is 0.906 bits per heavy atom. The van der Waals surface area contributed by atoms with Crippen LogP contribution in [0.2, 0.25) is 0 Å². The van der Waals surface area contributed by atoms with Crippen LogP contribution in [0.4, 0.5) is 39.4 Å². The number of carbonyl (C=O) groups excluding carboxylic acids is 2. The maximum Gasteiger partial charge on any atom is 0.416 e. The Bertz CT molecular complexity index is 1150. The number of nitrogens with one attached hydrogen (secondary N) is 2. The Labute approximate surface area is 186 Å². The van der Waals surface area contributed by atoms with E-state index in [1.54, 1.807) is 0 Å². The van der Waals surface area contributed by atoms with Gasteiger partial charge in [-0.1, -0.05) is 31.0 Å². The summed E-state index contributed by atoms with van der Waals surface area (Å²) in [5.74, 6) is -1.30. The van der Waals surface area contributed by atoms with Crippen molar-refractivity contribution in [3.8, 4) is 0 Å².